The summed E-state index contributed by atoms with van der Waals surface area (Å²) in [7, 11) is 3.11. The summed E-state index contributed by atoms with van der Waals surface area (Å²) in [6, 6.07) is 0. The van der Waals surface area contributed by atoms with E-state index in [0.717, 1.165) is 7.41 Å². The molecule has 1 aliphatic rings. The van der Waals surface area contributed by atoms with E-state index in [2.05, 4.69) is 30.1 Å². The molecule has 0 aromatic carbocycles. The van der Waals surface area contributed by atoms with Gasteiger partial charge in [-0.1, -0.05) is 12.1 Å². The molecule has 7 heavy (non-hydrogen) atoms. The zero-order valence-corrected chi connectivity index (χ0v) is 4.46. The lowest BCUT2D eigenvalue weighted by molar-refractivity contribution is 0.734. The van der Waals surface area contributed by atoms with Crippen molar-refractivity contribution in [1.82, 2.24) is 4.81 Å². The third-order valence-electron chi connectivity index (χ3n) is 0.981. The summed E-state index contributed by atoms with van der Waals surface area (Å²) in [5.74, 6) is 2.12. The Morgan fingerprint density at radius 2 is 2.29 bits per heavy atom. The second kappa shape index (κ2) is 1.87. The molecule has 0 aromatic heterocycles. The molecule has 0 aliphatic carbocycles. The standard InChI is InChI=1S/C5H8BN/c1-7-5-3-2-4-6-7/h2-6H,1H3. The van der Waals surface area contributed by atoms with E-state index in [4.69, 9.17) is 0 Å². The minimum Gasteiger partial charge on any atom is -0.423 e. The third-order valence-corrected chi connectivity index (χ3v) is 0.981. The van der Waals surface area contributed by atoms with Crippen molar-refractivity contribution in [3.8, 4) is 0 Å². The molecule has 0 amide bonds. The van der Waals surface area contributed by atoms with Gasteiger partial charge in [-0.25, -0.2) is 0 Å². The fourth-order valence-electron chi connectivity index (χ4n) is 0.563. The SMILES string of the molecule is CN1BC=CC=C1. The largest absolute Gasteiger partial charge is 0.423 e. The summed E-state index contributed by atoms with van der Waals surface area (Å²) in [5.41, 5.74) is 0. The highest BCUT2D eigenvalue weighted by Gasteiger charge is 1.89. The minimum absolute atomic E-state index is 1.05. The van der Waals surface area contributed by atoms with Gasteiger partial charge in [0.05, 0.1) is 0 Å². The summed E-state index contributed by atoms with van der Waals surface area (Å²) < 4.78 is 0. The molecule has 1 aliphatic heterocycles. The topological polar surface area (TPSA) is 3.24 Å². The quantitative estimate of drug-likeness (QED) is 0.389. The Balaban J connectivity index is 2.49. The number of hydrogen-bond donors (Lipinski definition) is 0. The van der Waals surface area contributed by atoms with Crippen LogP contribution >= 0.6 is 0 Å². The van der Waals surface area contributed by atoms with E-state index >= 15 is 0 Å². The molecule has 2 heteroatoms. The van der Waals surface area contributed by atoms with E-state index in [1.165, 1.54) is 0 Å². The van der Waals surface area contributed by atoms with Gasteiger partial charge in [0.1, 0.15) is 0 Å². The van der Waals surface area contributed by atoms with Crippen LogP contribution in [0.1, 0.15) is 0 Å². The van der Waals surface area contributed by atoms with Crippen LogP contribution in [-0.4, -0.2) is 19.3 Å². The average molecular weight is 92.9 g/mol. The minimum atomic E-state index is 1.05. The van der Waals surface area contributed by atoms with Crippen molar-refractivity contribution >= 4 is 7.41 Å². The predicted octanol–water partition coefficient (Wildman–Crippen LogP) is 0.311. The van der Waals surface area contributed by atoms with Gasteiger partial charge in [-0.15, -0.1) is 0 Å². The van der Waals surface area contributed by atoms with E-state index in [1.807, 2.05) is 6.08 Å². The van der Waals surface area contributed by atoms with Crippen LogP contribution in [0.25, 0.3) is 0 Å². The van der Waals surface area contributed by atoms with Gasteiger partial charge in [0.2, 0.25) is 0 Å². The van der Waals surface area contributed by atoms with E-state index in [9.17, 15) is 0 Å². The lowest BCUT2D eigenvalue weighted by atomic mass is 9.90. The van der Waals surface area contributed by atoms with Gasteiger partial charge < -0.3 is 4.81 Å². The van der Waals surface area contributed by atoms with Crippen molar-refractivity contribution < 1.29 is 0 Å². The normalized spacial score (nSPS) is 17.0. The first-order chi connectivity index (χ1) is 3.39. The molecule has 36 valence electrons. The summed E-state index contributed by atoms with van der Waals surface area (Å²) in [6.07, 6.45) is 6.14. The second-order valence-electron chi connectivity index (χ2n) is 1.71. The highest BCUT2D eigenvalue weighted by Crippen LogP contribution is 1.89. The Labute approximate surface area is 44.6 Å². The van der Waals surface area contributed by atoms with Crippen molar-refractivity contribution in [2.75, 3.05) is 7.05 Å². The fraction of sp³-hybridized carbons (Fsp3) is 0.200. The van der Waals surface area contributed by atoms with Crippen molar-refractivity contribution in [3.05, 3.63) is 24.3 Å². The number of hydrogen-bond acceptors (Lipinski definition) is 1. The van der Waals surface area contributed by atoms with Crippen LogP contribution in [0.3, 0.4) is 0 Å². The Morgan fingerprint density at radius 3 is 2.57 bits per heavy atom. The van der Waals surface area contributed by atoms with E-state index < -0.39 is 0 Å². The van der Waals surface area contributed by atoms with Crippen molar-refractivity contribution in [3.63, 3.8) is 0 Å². The van der Waals surface area contributed by atoms with Crippen molar-refractivity contribution in [1.29, 1.82) is 0 Å². The maximum absolute atomic E-state index is 2.12. The zero-order chi connectivity index (χ0) is 5.11. The van der Waals surface area contributed by atoms with E-state index in [1.54, 1.807) is 0 Å². The molecule has 1 nitrogen and oxygen atoms in total. The lowest BCUT2D eigenvalue weighted by Crippen LogP contribution is -2.15. The molecule has 0 fully saturated rings. The number of rotatable bonds is 0. The molecule has 0 spiro atoms. The molecule has 0 N–H and O–H groups in total. The molecular formula is C5H8BN. The van der Waals surface area contributed by atoms with E-state index in [-0.39, 0.29) is 0 Å². The fourth-order valence-corrected chi connectivity index (χ4v) is 0.563. The predicted molar refractivity (Wildman–Crippen MR) is 33.2 cm³/mol. The molecule has 0 unspecified atom stereocenters. The van der Waals surface area contributed by atoms with Gasteiger partial charge in [0.25, 0.3) is 7.41 Å². The Hall–Kier alpha value is -0.655. The smallest absolute Gasteiger partial charge is 0.261 e. The van der Waals surface area contributed by atoms with Crippen molar-refractivity contribution in [2.45, 2.75) is 0 Å². The van der Waals surface area contributed by atoms with Crippen LogP contribution in [0.5, 0.6) is 0 Å². The van der Waals surface area contributed by atoms with Gasteiger partial charge in [-0.05, 0) is 19.3 Å². The van der Waals surface area contributed by atoms with Crippen LogP contribution in [-0.2, 0) is 0 Å². The maximum Gasteiger partial charge on any atom is 0.261 e. The third kappa shape index (κ3) is 1.11. The molecule has 0 saturated heterocycles. The van der Waals surface area contributed by atoms with Crippen LogP contribution in [0, 0.1) is 0 Å². The molecule has 1 rings (SSSR count). The second-order valence-corrected chi connectivity index (χ2v) is 1.71. The monoisotopic (exact) mass is 93.1 g/mol. The molecular weight excluding hydrogens is 84.9 g/mol. The molecule has 0 aromatic rings. The van der Waals surface area contributed by atoms with Gasteiger partial charge in [-0.2, -0.15) is 0 Å². The summed E-state index contributed by atoms with van der Waals surface area (Å²) in [4.78, 5) is 2.12. The van der Waals surface area contributed by atoms with Crippen LogP contribution in [0.15, 0.2) is 24.3 Å². The number of nitrogens with zero attached hydrogens (tertiary/aromatic N) is 1. The van der Waals surface area contributed by atoms with Gasteiger partial charge in [-0.3, -0.25) is 0 Å². The van der Waals surface area contributed by atoms with Gasteiger partial charge >= 0.3 is 0 Å². The van der Waals surface area contributed by atoms with Crippen LogP contribution in [0.2, 0.25) is 0 Å². The lowest BCUT2D eigenvalue weighted by Gasteiger charge is -2.10. The Kier molecular flexibility index (Phi) is 1.20. The van der Waals surface area contributed by atoms with Gasteiger partial charge in [0, 0.05) is 0 Å². The molecule has 1 heterocycles. The zero-order valence-electron chi connectivity index (χ0n) is 4.46. The molecule has 0 saturated carbocycles. The summed E-state index contributed by atoms with van der Waals surface area (Å²) >= 11 is 0. The first-order valence-electron chi connectivity index (χ1n) is 2.43. The Morgan fingerprint density at radius 1 is 1.43 bits per heavy atom. The maximum atomic E-state index is 2.12. The number of allylic oxidation sites excluding steroid dienone is 2. The summed E-state index contributed by atoms with van der Waals surface area (Å²) in [5, 5.41) is 0. The molecule has 0 radical (unpaired) electrons. The highest BCUT2D eigenvalue weighted by atomic mass is 15.0. The molecule has 0 bridgehead atoms. The first kappa shape index (κ1) is 4.50. The van der Waals surface area contributed by atoms with Crippen LogP contribution in [0.4, 0.5) is 0 Å². The first-order valence-corrected chi connectivity index (χ1v) is 2.43. The Bertz CT molecular complexity index is 107. The van der Waals surface area contributed by atoms with Gasteiger partial charge in [0.15, 0.2) is 0 Å². The highest BCUT2D eigenvalue weighted by molar-refractivity contribution is 6.39. The van der Waals surface area contributed by atoms with Crippen molar-refractivity contribution in [2.24, 2.45) is 0 Å². The summed E-state index contributed by atoms with van der Waals surface area (Å²) in [6.45, 7) is 0. The average Bonchev–Trinajstić information content (AvgIpc) is 1.69. The van der Waals surface area contributed by atoms with Crippen LogP contribution < -0.4 is 0 Å². The molecule has 0 atom stereocenters. The van der Waals surface area contributed by atoms with E-state index in [0.29, 0.717) is 0 Å².